The van der Waals surface area contributed by atoms with Gasteiger partial charge in [0, 0.05) is 13.1 Å². The van der Waals surface area contributed by atoms with Gasteiger partial charge in [0.25, 0.3) is 5.91 Å². The smallest absolute Gasteiger partial charge is 0.338 e. The van der Waals surface area contributed by atoms with E-state index in [2.05, 4.69) is 38.1 Å². The quantitative estimate of drug-likeness (QED) is 0.780. The van der Waals surface area contributed by atoms with Gasteiger partial charge in [0.15, 0.2) is 6.61 Å². The molecule has 0 radical (unpaired) electrons. The van der Waals surface area contributed by atoms with E-state index < -0.39 is 5.97 Å². The second-order valence-corrected chi connectivity index (χ2v) is 7.11. The third-order valence-corrected chi connectivity index (χ3v) is 4.84. The molecule has 136 valence electrons. The van der Waals surface area contributed by atoms with Gasteiger partial charge in [-0.15, -0.1) is 0 Å². The molecule has 3 rings (SSSR count). The van der Waals surface area contributed by atoms with Gasteiger partial charge in [-0.2, -0.15) is 0 Å². The average Bonchev–Trinajstić information content (AvgIpc) is 2.66. The molecule has 0 N–H and O–H groups in total. The highest BCUT2D eigenvalue weighted by molar-refractivity contribution is 5.91. The molecule has 1 aliphatic heterocycles. The van der Waals surface area contributed by atoms with Gasteiger partial charge < -0.3 is 9.64 Å². The number of esters is 1. The van der Waals surface area contributed by atoms with Gasteiger partial charge in [0.2, 0.25) is 0 Å². The van der Waals surface area contributed by atoms with Crippen LogP contribution in [0.3, 0.4) is 0 Å². The predicted octanol–water partition coefficient (Wildman–Crippen LogP) is 4.08. The number of likely N-dealkylation sites (tertiary alicyclic amines) is 1. The highest BCUT2D eigenvalue weighted by Crippen LogP contribution is 2.21. The first kappa shape index (κ1) is 18.2. The number of carbonyl (C=O) groups excluding carboxylic acids is 2. The summed E-state index contributed by atoms with van der Waals surface area (Å²) in [7, 11) is 0. The topological polar surface area (TPSA) is 46.6 Å². The number of aryl methyl sites for hydroxylation is 1. The van der Waals surface area contributed by atoms with Crippen LogP contribution >= 0.6 is 0 Å². The van der Waals surface area contributed by atoms with Crippen molar-refractivity contribution < 1.29 is 14.3 Å². The molecule has 1 atom stereocenters. The van der Waals surface area contributed by atoms with E-state index in [-0.39, 0.29) is 12.5 Å². The third-order valence-electron chi connectivity index (χ3n) is 4.84. The van der Waals surface area contributed by atoms with E-state index in [0.717, 1.165) is 37.1 Å². The molecule has 1 aliphatic rings. The van der Waals surface area contributed by atoms with Crippen molar-refractivity contribution in [3.63, 3.8) is 0 Å². The normalized spacial score (nSPS) is 17.0. The first-order chi connectivity index (χ1) is 12.5. The lowest BCUT2D eigenvalue weighted by Gasteiger charge is -2.30. The van der Waals surface area contributed by atoms with E-state index in [1.54, 1.807) is 17.0 Å². The molecule has 1 heterocycles. The van der Waals surface area contributed by atoms with Crippen LogP contribution in [0.1, 0.15) is 35.7 Å². The molecule has 0 spiro atoms. The number of hydrogen-bond acceptors (Lipinski definition) is 3. The highest BCUT2D eigenvalue weighted by Gasteiger charge is 2.22. The minimum absolute atomic E-state index is 0.110. The van der Waals surface area contributed by atoms with Crippen LogP contribution in [0.15, 0.2) is 48.5 Å². The Bertz CT molecular complexity index is 765. The molecule has 1 amide bonds. The van der Waals surface area contributed by atoms with Crippen molar-refractivity contribution in [3.05, 3.63) is 59.7 Å². The van der Waals surface area contributed by atoms with Crippen molar-refractivity contribution in [1.29, 1.82) is 0 Å². The summed E-state index contributed by atoms with van der Waals surface area (Å²) in [4.78, 5) is 26.2. The fraction of sp³-hybridized carbons (Fsp3) is 0.364. The second kappa shape index (κ2) is 8.17. The fourth-order valence-corrected chi connectivity index (χ4v) is 3.26. The van der Waals surface area contributed by atoms with Crippen LogP contribution in [0.5, 0.6) is 0 Å². The van der Waals surface area contributed by atoms with Gasteiger partial charge in [-0.3, -0.25) is 4.79 Å². The Morgan fingerprint density at radius 3 is 2.27 bits per heavy atom. The molecule has 1 saturated heterocycles. The summed E-state index contributed by atoms with van der Waals surface area (Å²) in [6.07, 6.45) is 2.16. The maximum Gasteiger partial charge on any atom is 0.338 e. The van der Waals surface area contributed by atoms with E-state index in [1.807, 2.05) is 12.1 Å². The average molecular weight is 351 g/mol. The van der Waals surface area contributed by atoms with Crippen molar-refractivity contribution >= 4 is 11.9 Å². The monoisotopic (exact) mass is 351 g/mol. The lowest BCUT2D eigenvalue weighted by atomic mass is 10.0. The van der Waals surface area contributed by atoms with Crippen molar-refractivity contribution in [3.8, 4) is 11.1 Å². The minimum atomic E-state index is -0.459. The zero-order valence-electron chi connectivity index (χ0n) is 15.4. The highest BCUT2D eigenvalue weighted by atomic mass is 16.5. The molecule has 2 aromatic rings. The molecule has 1 unspecified atom stereocenters. The summed E-state index contributed by atoms with van der Waals surface area (Å²) in [6.45, 7) is 5.51. The number of nitrogens with zero attached hydrogens (tertiary/aromatic N) is 1. The van der Waals surface area contributed by atoms with Crippen molar-refractivity contribution in [2.75, 3.05) is 19.7 Å². The number of piperidine rings is 1. The van der Waals surface area contributed by atoms with Crippen LogP contribution in [0, 0.1) is 12.8 Å². The predicted molar refractivity (Wildman–Crippen MR) is 102 cm³/mol. The third kappa shape index (κ3) is 4.51. The Labute approximate surface area is 154 Å². The molecular formula is C22H25NO3. The summed E-state index contributed by atoms with van der Waals surface area (Å²) in [5, 5.41) is 0. The van der Waals surface area contributed by atoms with Gasteiger partial charge >= 0.3 is 5.97 Å². The van der Waals surface area contributed by atoms with Crippen LogP contribution in [-0.4, -0.2) is 36.5 Å². The Hall–Kier alpha value is -2.62. The molecular weight excluding hydrogens is 326 g/mol. The van der Waals surface area contributed by atoms with Gasteiger partial charge in [0.1, 0.15) is 0 Å². The van der Waals surface area contributed by atoms with Gasteiger partial charge in [-0.1, -0.05) is 48.9 Å². The van der Waals surface area contributed by atoms with E-state index in [4.69, 9.17) is 4.74 Å². The maximum absolute atomic E-state index is 12.2. The van der Waals surface area contributed by atoms with Crippen LogP contribution in [0.2, 0.25) is 0 Å². The molecule has 0 aromatic heterocycles. The summed E-state index contributed by atoms with van der Waals surface area (Å²) < 4.78 is 5.21. The van der Waals surface area contributed by atoms with Gasteiger partial charge in [0.05, 0.1) is 5.56 Å². The van der Waals surface area contributed by atoms with Gasteiger partial charge in [-0.05, 0) is 48.9 Å². The van der Waals surface area contributed by atoms with Crippen LogP contribution < -0.4 is 0 Å². The van der Waals surface area contributed by atoms with Crippen LogP contribution in [-0.2, 0) is 9.53 Å². The SMILES string of the molecule is Cc1ccc(-c2ccc(C(=O)OCC(=O)N3CCCC(C)C3)cc2)cc1. The standard InChI is InChI=1S/C22H25NO3/c1-16-5-7-18(8-6-16)19-9-11-20(12-10-19)22(25)26-15-21(24)23-13-3-4-17(2)14-23/h5-12,17H,3-4,13-15H2,1-2H3. The molecule has 1 fully saturated rings. The van der Waals surface area contributed by atoms with Crippen LogP contribution in [0.25, 0.3) is 11.1 Å². The zero-order valence-corrected chi connectivity index (χ0v) is 15.4. The fourth-order valence-electron chi connectivity index (χ4n) is 3.26. The first-order valence-corrected chi connectivity index (χ1v) is 9.15. The Kier molecular flexibility index (Phi) is 5.71. The molecule has 2 aromatic carbocycles. The van der Waals surface area contributed by atoms with Gasteiger partial charge in [-0.25, -0.2) is 4.79 Å². The zero-order chi connectivity index (χ0) is 18.5. The first-order valence-electron chi connectivity index (χ1n) is 9.15. The molecule has 0 bridgehead atoms. The van der Waals surface area contributed by atoms with Crippen molar-refractivity contribution in [2.45, 2.75) is 26.7 Å². The summed E-state index contributed by atoms with van der Waals surface area (Å²) in [5.41, 5.74) is 3.81. The Balaban J connectivity index is 1.56. The summed E-state index contributed by atoms with van der Waals surface area (Å²) in [5.74, 6) is -0.0576. The van der Waals surface area contributed by atoms with Crippen LogP contribution in [0.4, 0.5) is 0 Å². The largest absolute Gasteiger partial charge is 0.452 e. The van der Waals surface area contributed by atoms with E-state index in [0.29, 0.717) is 11.5 Å². The number of hydrogen-bond donors (Lipinski definition) is 0. The molecule has 4 heteroatoms. The lowest BCUT2D eigenvalue weighted by Crippen LogP contribution is -2.41. The second-order valence-electron chi connectivity index (χ2n) is 7.11. The molecule has 0 aliphatic carbocycles. The molecule has 26 heavy (non-hydrogen) atoms. The number of rotatable bonds is 4. The lowest BCUT2D eigenvalue weighted by molar-refractivity contribution is -0.136. The Morgan fingerprint density at radius 2 is 1.65 bits per heavy atom. The van der Waals surface area contributed by atoms with Crippen molar-refractivity contribution in [2.24, 2.45) is 5.92 Å². The number of ether oxygens (including phenoxy) is 1. The molecule has 4 nitrogen and oxygen atoms in total. The van der Waals surface area contributed by atoms with E-state index >= 15 is 0 Å². The maximum atomic E-state index is 12.2. The molecule has 0 saturated carbocycles. The number of benzene rings is 2. The van der Waals surface area contributed by atoms with E-state index in [1.165, 1.54) is 5.56 Å². The minimum Gasteiger partial charge on any atom is -0.452 e. The van der Waals surface area contributed by atoms with E-state index in [9.17, 15) is 9.59 Å². The number of carbonyl (C=O) groups is 2. The summed E-state index contributed by atoms with van der Waals surface area (Å²) in [6, 6.07) is 15.5. The van der Waals surface area contributed by atoms with Crippen molar-refractivity contribution in [1.82, 2.24) is 4.90 Å². The Morgan fingerprint density at radius 1 is 1.04 bits per heavy atom. The number of amides is 1. The summed E-state index contributed by atoms with van der Waals surface area (Å²) >= 11 is 0.